The lowest BCUT2D eigenvalue weighted by molar-refractivity contribution is 0.139. The highest BCUT2D eigenvalue weighted by molar-refractivity contribution is 7.71. The van der Waals surface area contributed by atoms with Crippen molar-refractivity contribution in [1.82, 2.24) is 20.1 Å². The standard InChI is InChI=1S/C15H20N4O2S/c1-11(2)19-13(17-18-14(19)22)8-9-16-15(20)21-10-12-6-4-3-5-7-12/h3-7,11H,8-10H2,1-2H3,(H,16,20)(H,18,22). The van der Waals surface area contributed by atoms with Crippen LogP contribution in [0.2, 0.25) is 0 Å². The highest BCUT2D eigenvalue weighted by Crippen LogP contribution is 2.08. The van der Waals surface area contributed by atoms with Crippen molar-refractivity contribution in [2.75, 3.05) is 6.54 Å². The molecule has 2 aromatic rings. The molecule has 0 atom stereocenters. The molecule has 0 aliphatic carbocycles. The molecule has 2 N–H and O–H groups in total. The van der Waals surface area contributed by atoms with Crippen LogP contribution in [-0.4, -0.2) is 27.4 Å². The molecule has 7 heteroatoms. The summed E-state index contributed by atoms with van der Waals surface area (Å²) in [5, 5.41) is 9.67. The first-order valence-corrected chi connectivity index (χ1v) is 7.59. The molecule has 0 spiro atoms. The Morgan fingerprint density at radius 1 is 1.41 bits per heavy atom. The number of rotatable bonds is 6. The number of carbonyl (C=O) groups is 1. The first kappa shape index (κ1) is 16.2. The lowest BCUT2D eigenvalue weighted by Crippen LogP contribution is -2.27. The number of alkyl carbamates (subject to hydrolysis) is 1. The summed E-state index contributed by atoms with van der Waals surface area (Å²) in [6, 6.07) is 9.79. The minimum Gasteiger partial charge on any atom is -0.445 e. The van der Waals surface area contributed by atoms with E-state index in [0.29, 0.717) is 17.7 Å². The van der Waals surface area contributed by atoms with Gasteiger partial charge in [0.25, 0.3) is 0 Å². The van der Waals surface area contributed by atoms with Crippen molar-refractivity contribution in [2.24, 2.45) is 0 Å². The summed E-state index contributed by atoms with van der Waals surface area (Å²) in [4.78, 5) is 11.6. The van der Waals surface area contributed by atoms with E-state index in [-0.39, 0.29) is 12.6 Å². The predicted octanol–water partition coefficient (Wildman–Crippen LogP) is 2.99. The third-order valence-corrected chi connectivity index (χ3v) is 3.41. The summed E-state index contributed by atoms with van der Waals surface area (Å²) in [6.45, 7) is 4.78. The SMILES string of the molecule is CC(C)n1c(CCNC(=O)OCc2ccccc2)n[nH]c1=S. The summed E-state index contributed by atoms with van der Waals surface area (Å²) in [5.41, 5.74) is 0.957. The molecule has 0 bridgehead atoms. The number of hydrogen-bond donors (Lipinski definition) is 2. The van der Waals surface area contributed by atoms with Crippen molar-refractivity contribution < 1.29 is 9.53 Å². The van der Waals surface area contributed by atoms with Gasteiger partial charge in [0.05, 0.1) is 0 Å². The maximum atomic E-state index is 11.6. The number of nitrogens with one attached hydrogen (secondary N) is 2. The van der Waals surface area contributed by atoms with Crippen LogP contribution in [0.4, 0.5) is 4.79 Å². The molecule has 1 aromatic heterocycles. The van der Waals surface area contributed by atoms with Crippen LogP contribution in [0.25, 0.3) is 0 Å². The van der Waals surface area contributed by atoms with Crippen LogP contribution >= 0.6 is 12.2 Å². The molecule has 0 unspecified atom stereocenters. The molecule has 1 aromatic carbocycles. The Morgan fingerprint density at radius 3 is 2.82 bits per heavy atom. The van der Waals surface area contributed by atoms with Crippen molar-refractivity contribution >= 4 is 18.3 Å². The van der Waals surface area contributed by atoms with Gasteiger partial charge in [-0.1, -0.05) is 30.3 Å². The van der Waals surface area contributed by atoms with Crippen molar-refractivity contribution in [3.05, 3.63) is 46.5 Å². The molecule has 22 heavy (non-hydrogen) atoms. The molecule has 0 aliphatic heterocycles. The van der Waals surface area contributed by atoms with Gasteiger partial charge in [0.15, 0.2) is 4.77 Å². The van der Waals surface area contributed by atoms with Crippen LogP contribution in [0.1, 0.15) is 31.3 Å². The van der Waals surface area contributed by atoms with Gasteiger partial charge in [0.1, 0.15) is 12.4 Å². The predicted molar refractivity (Wildman–Crippen MR) is 86.1 cm³/mol. The van der Waals surface area contributed by atoms with Gasteiger partial charge in [0.2, 0.25) is 0 Å². The minimum absolute atomic E-state index is 0.228. The molecule has 0 fully saturated rings. The second kappa shape index (κ2) is 7.74. The normalized spacial score (nSPS) is 10.7. The molecule has 6 nitrogen and oxygen atoms in total. The van der Waals surface area contributed by atoms with E-state index in [1.54, 1.807) is 0 Å². The van der Waals surface area contributed by atoms with Gasteiger partial charge in [-0.05, 0) is 31.6 Å². The fraction of sp³-hybridized carbons (Fsp3) is 0.400. The second-order valence-corrected chi connectivity index (χ2v) is 5.53. The highest BCUT2D eigenvalue weighted by atomic mass is 32.1. The number of benzene rings is 1. The van der Waals surface area contributed by atoms with Crippen LogP contribution < -0.4 is 5.32 Å². The Hall–Kier alpha value is -2.15. The van der Waals surface area contributed by atoms with Crippen molar-refractivity contribution in [1.29, 1.82) is 0 Å². The van der Waals surface area contributed by atoms with Crippen LogP contribution in [0.3, 0.4) is 0 Å². The molecule has 118 valence electrons. The number of hydrogen-bond acceptors (Lipinski definition) is 4. The van der Waals surface area contributed by atoms with Gasteiger partial charge < -0.3 is 14.6 Å². The molecule has 1 amide bonds. The molecule has 0 saturated heterocycles. The molecule has 0 aliphatic rings. The van der Waals surface area contributed by atoms with Gasteiger partial charge in [-0.15, -0.1) is 0 Å². The first-order chi connectivity index (χ1) is 10.6. The van der Waals surface area contributed by atoms with Crippen molar-refractivity contribution in [3.8, 4) is 0 Å². The summed E-state index contributed by atoms with van der Waals surface area (Å²) >= 11 is 5.18. The van der Waals surface area contributed by atoms with E-state index in [4.69, 9.17) is 17.0 Å². The van der Waals surface area contributed by atoms with Crippen LogP contribution in [0, 0.1) is 4.77 Å². The largest absolute Gasteiger partial charge is 0.445 e. The number of aromatic amines is 1. The lowest BCUT2D eigenvalue weighted by atomic mass is 10.2. The van der Waals surface area contributed by atoms with Crippen molar-refractivity contribution in [3.63, 3.8) is 0 Å². The zero-order chi connectivity index (χ0) is 15.9. The van der Waals surface area contributed by atoms with Crippen LogP contribution in [0.5, 0.6) is 0 Å². The van der Waals surface area contributed by atoms with E-state index in [1.807, 2.05) is 48.7 Å². The van der Waals surface area contributed by atoms with Gasteiger partial charge >= 0.3 is 6.09 Å². The Bertz CT molecular complexity index is 664. The summed E-state index contributed by atoms with van der Waals surface area (Å²) in [7, 11) is 0. The Morgan fingerprint density at radius 2 is 2.14 bits per heavy atom. The maximum Gasteiger partial charge on any atom is 0.407 e. The molecule has 2 rings (SSSR count). The molecular weight excluding hydrogens is 300 g/mol. The maximum absolute atomic E-state index is 11.6. The van der Waals surface area contributed by atoms with Crippen LogP contribution in [0.15, 0.2) is 30.3 Å². The minimum atomic E-state index is -0.436. The lowest BCUT2D eigenvalue weighted by Gasteiger charge is -2.11. The number of ether oxygens (including phenoxy) is 1. The zero-order valence-corrected chi connectivity index (χ0v) is 13.5. The average Bonchev–Trinajstić information content (AvgIpc) is 2.87. The summed E-state index contributed by atoms with van der Waals surface area (Å²) < 4.78 is 7.67. The molecule has 1 heterocycles. The van der Waals surface area contributed by atoms with E-state index in [0.717, 1.165) is 11.4 Å². The van der Waals surface area contributed by atoms with E-state index >= 15 is 0 Å². The number of nitrogens with zero attached hydrogens (tertiary/aromatic N) is 2. The molecule has 0 radical (unpaired) electrons. The van der Waals surface area contributed by atoms with Crippen LogP contribution in [-0.2, 0) is 17.8 Å². The summed E-state index contributed by atoms with van der Waals surface area (Å²) in [5.74, 6) is 0.823. The third kappa shape index (κ3) is 4.42. The fourth-order valence-corrected chi connectivity index (χ4v) is 2.46. The number of carbonyl (C=O) groups excluding carboxylic acids is 1. The van der Waals surface area contributed by atoms with Gasteiger partial charge in [-0.2, -0.15) is 5.10 Å². The van der Waals surface area contributed by atoms with E-state index < -0.39 is 6.09 Å². The molecule has 0 saturated carbocycles. The fourth-order valence-electron chi connectivity index (χ4n) is 2.10. The second-order valence-electron chi connectivity index (χ2n) is 5.15. The Kier molecular flexibility index (Phi) is 5.71. The Labute approximate surface area is 134 Å². The average molecular weight is 320 g/mol. The van der Waals surface area contributed by atoms with E-state index in [2.05, 4.69) is 15.5 Å². The highest BCUT2D eigenvalue weighted by Gasteiger charge is 2.10. The van der Waals surface area contributed by atoms with E-state index in [9.17, 15) is 4.79 Å². The number of H-pyrrole nitrogens is 1. The van der Waals surface area contributed by atoms with Gasteiger partial charge in [-0.3, -0.25) is 5.10 Å². The number of amides is 1. The smallest absolute Gasteiger partial charge is 0.407 e. The van der Waals surface area contributed by atoms with Gasteiger partial charge in [0, 0.05) is 19.0 Å². The monoisotopic (exact) mass is 320 g/mol. The quantitative estimate of drug-likeness (QED) is 0.803. The topological polar surface area (TPSA) is 71.9 Å². The van der Waals surface area contributed by atoms with Gasteiger partial charge in [-0.25, -0.2) is 4.79 Å². The Balaban J connectivity index is 1.77. The third-order valence-electron chi connectivity index (χ3n) is 3.12. The molecular formula is C15H20N4O2S. The number of aromatic nitrogens is 3. The zero-order valence-electron chi connectivity index (χ0n) is 12.7. The summed E-state index contributed by atoms with van der Waals surface area (Å²) in [6.07, 6.45) is 0.153. The van der Waals surface area contributed by atoms with E-state index in [1.165, 1.54) is 0 Å². The van der Waals surface area contributed by atoms with Crippen molar-refractivity contribution in [2.45, 2.75) is 32.9 Å². The first-order valence-electron chi connectivity index (χ1n) is 7.18.